The van der Waals surface area contributed by atoms with Gasteiger partial charge in [-0.2, -0.15) is 0 Å². The third-order valence-corrected chi connectivity index (χ3v) is 5.32. The van der Waals surface area contributed by atoms with Crippen molar-refractivity contribution in [2.45, 2.75) is 19.3 Å². The Balaban J connectivity index is 1.91. The minimum absolute atomic E-state index is 0.0357. The number of nitrogens with two attached hydrogens (primary N) is 1. The molecule has 0 atom stereocenters. The van der Waals surface area contributed by atoms with E-state index in [2.05, 4.69) is 5.32 Å². The Hall–Kier alpha value is -2.45. The first-order chi connectivity index (χ1) is 11.4. The Kier molecular flexibility index (Phi) is 4.25. The molecule has 0 bridgehead atoms. The summed E-state index contributed by atoms with van der Waals surface area (Å²) in [5.74, 6) is -1.13. The molecule has 0 saturated heterocycles. The van der Waals surface area contributed by atoms with Gasteiger partial charge in [0.2, 0.25) is 0 Å². The summed E-state index contributed by atoms with van der Waals surface area (Å²) < 4.78 is 0. The fourth-order valence-electron chi connectivity index (χ4n) is 2.73. The number of nitrogens with zero attached hydrogens (tertiary/aromatic N) is 1. The zero-order chi connectivity index (χ0) is 17.4. The van der Waals surface area contributed by atoms with Crippen molar-refractivity contribution in [1.29, 1.82) is 0 Å². The average Bonchev–Trinajstić information content (AvgIpc) is 3.06. The summed E-state index contributed by atoms with van der Waals surface area (Å²) in [6.07, 6.45) is 2.58. The van der Waals surface area contributed by atoms with E-state index in [-0.39, 0.29) is 16.3 Å². The van der Waals surface area contributed by atoms with E-state index in [9.17, 15) is 19.7 Å². The number of carbonyl (C=O) groups is 2. The molecule has 0 fully saturated rings. The number of nitro benzene ring substituents is 1. The molecule has 1 aliphatic rings. The van der Waals surface area contributed by atoms with E-state index in [1.807, 2.05) is 0 Å². The van der Waals surface area contributed by atoms with Crippen LogP contribution >= 0.6 is 22.9 Å². The molecule has 1 heterocycles. The maximum absolute atomic E-state index is 12.4. The number of nitrogens with one attached hydrogen (secondary N) is 1. The summed E-state index contributed by atoms with van der Waals surface area (Å²) in [7, 11) is 0. The third kappa shape index (κ3) is 2.85. The van der Waals surface area contributed by atoms with Gasteiger partial charge in [0.05, 0.1) is 21.1 Å². The van der Waals surface area contributed by atoms with Crippen LogP contribution in [-0.2, 0) is 12.8 Å². The maximum Gasteiger partial charge on any atom is 0.270 e. The largest absolute Gasteiger partial charge is 0.365 e. The molecule has 0 spiro atoms. The van der Waals surface area contributed by atoms with Crippen LogP contribution in [0.1, 0.15) is 37.6 Å². The number of amides is 2. The van der Waals surface area contributed by atoms with Gasteiger partial charge < -0.3 is 11.1 Å². The molecule has 124 valence electrons. The standard InChI is InChI=1S/C15H12ClN3O4S/c16-10-6-7(19(22)23)4-5-8(10)14(21)18-15-12(13(17)20)9-2-1-3-11(9)24-15/h4-6H,1-3H2,(H2,17,20)(H,18,21). The molecule has 3 rings (SSSR count). The van der Waals surface area contributed by atoms with Crippen LogP contribution in [0.5, 0.6) is 0 Å². The normalized spacial score (nSPS) is 12.7. The second-order valence-electron chi connectivity index (χ2n) is 5.30. The minimum Gasteiger partial charge on any atom is -0.365 e. The van der Waals surface area contributed by atoms with Crippen molar-refractivity contribution in [3.63, 3.8) is 0 Å². The second kappa shape index (κ2) is 6.21. The van der Waals surface area contributed by atoms with Gasteiger partial charge in [0.15, 0.2) is 0 Å². The van der Waals surface area contributed by atoms with E-state index in [1.54, 1.807) is 0 Å². The number of non-ortho nitro benzene ring substituents is 1. The highest BCUT2D eigenvalue weighted by atomic mass is 35.5. The topological polar surface area (TPSA) is 115 Å². The van der Waals surface area contributed by atoms with Gasteiger partial charge in [-0.25, -0.2) is 0 Å². The highest BCUT2D eigenvalue weighted by Gasteiger charge is 2.26. The summed E-state index contributed by atoms with van der Waals surface area (Å²) in [5, 5.41) is 13.7. The number of hydrogen-bond acceptors (Lipinski definition) is 5. The van der Waals surface area contributed by atoms with Crippen LogP contribution in [0, 0.1) is 10.1 Å². The highest BCUT2D eigenvalue weighted by molar-refractivity contribution is 7.17. The molecule has 0 radical (unpaired) electrons. The molecule has 3 N–H and O–H groups in total. The van der Waals surface area contributed by atoms with Crippen molar-refractivity contribution < 1.29 is 14.5 Å². The predicted molar refractivity (Wildman–Crippen MR) is 90.9 cm³/mol. The van der Waals surface area contributed by atoms with Gasteiger partial charge in [-0.15, -0.1) is 11.3 Å². The molecule has 2 amide bonds. The van der Waals surface area contributed by atoms with Gasteiger partial charge in [0.25, 0.3) is 17.5 Å². The van der Waals surface area contributed by atoms with Crippen LogP contribution in [0.2, 0.25) is 5.02 Å². The Bertz CT molecular complexity index is 878. The number of nitro groups is 1. The first-order valence-corrected chi connectivity index (χ1v) is 8.27. The SMILES string of the molecule is NC(=O)c1c(NC(=O)c2ccc([N+](=O)[O-])cc2Cl)sc2c1CCC2. The molecule has 7 nitrogen and oxygen atoms in total. The lowest BCUT2D eigenvalue weighted by molar-refractivity contribution is -0.384. The number of hydrogen-bond donors (Lipinski definition) is 2. The Morgan fingerprint density at radius 1 is 1.33 bits per heavy atom. The number of fused-ring (bicyclic) bond motifs is 1. The van der Waals surface area contributed by atoms with E-state index in [0.717, 1.165) is 35.8 Å². The molecule has 1 aromatic heterocycles. The molecule has 0 saturated carbocycles. The molecule has 2 aromatic rings. The van der Waals surface area contributed by atoms with E-state index in [4.69, 9.17) is 17.3 Å². The smallest absolute Gasteiger partial charge is 0.270 e. The summed E-state index contributed by atoms with van der Waals surface area (Å²) in [5.41, 5.74) is 6.58. The van der Waals surface area contributed by atoms with Crippen molar-refractivity contribution in [1.82, 2.24) is 0 Å². The fraction of sp³-hybridized carbons (Fsp3) is 0.200. The Morgan fingerprint density at radius 2 is 2.08 bits per heavy atom. The number of rotatable bonds is 4. The number of thiophene rings is 1. The van der Waals surface area contributed by atoms with Gasteiger partial charge in [0.1, 0.15) is 5.00 Å². The second-order valence-corrected chi connectivity index (χ2v) is 6.81. The van der Waals surface area contributed by atoms with Crippen molar-refractivity contribution in [2.75, 3.05) is 5.32 Å². The van der Waals surface area contributed by atoms with Gasteiger partial charge in [-0.1, -0.05) is 11.6 Å². The molecule has 0 unspecified atom stereocenters. The van der Waals surface area contributed by atoms with Crippen molar-refractivity contribution in [2.24, 2.45) is 5.73 Å². The zero-order valence-corrected chi connectivity index (χ0v) is 13.9. The number of halogens is 1. The number of anilines is 1. The van der Waals surface area contributed by atoms with Crippen LogP contribution in [0.3, 0.4) is 0 Å². The fourth-order valence-corrected chi connectivity index (χ4v) is 4.28. The monoisotopic (exact) mass is 365 g/mol. The van der Waals surface area contributed by atoms with Gasteiger partial charge in [0, 0.05) is 17.0 Å². The van der Waals surface area contributed by atoms with Crippen LogP contribution in [-0.4, -0.2) is 16.7 Å². The average molecular weight is 366 g/mol. The van der Waals surface area contributed by atoms with Crippen molar-refractivity contribution in [3.8, 4) is 0 Å². The summed E-state index contributed by atoms with van der Waals surface area (Å²) in [4.78, 5) is 35.3. The lowest BCUT2D eigenvalue weighted by Gasteiger charge is -2.07. The minimum atomic E-state index is -0.595. The summed E-state index contributed by atoms with van der Waals surface area (Å²) >= 11 is 7.29. The summed E-state index contributed by atoms with van der Waals surface area (Å²) in [6.45, 7) is 0. The van der Waals surface area contributed by atoms with Crippen molar-refractivity contribution >= 4 is 45.4 Å². The molecular formula is C15H12ClN3O4S. The molecule has 1 aromatic carbocycles. The molecule has 0 aliphatic heterocycles. The van der Waals surface area contributed by atoms with Crippen LogP contribution in [0.15, 0.2) is 18.2 Å². The number of primary amides is 1. The van der Waals surface area contributed by atoms with E-state index >= 15 is 0 Å². The predicted octanol–water partition coefficient (Wildman–Crippen LogP) is 3.15. The van der Waals surface area contributed by atoms with Gasteiger partial charge in [-0.05, 0) is 30.9 Å². The summed E-state index contributed by atoms with van der Waals surface area (Å²) in [6, 6.07) is 3.59. The van der Waals surface area contributed by atoms with Crippen LogP contribution in [0.25, 0.3) is 0 Å². The lowest BCUT2D eigenvalue weighted by Crippen LogP contribution is -2.18. The highest BCUT2D eigenvalue weighted by Crippen LogP contribution is 2.39. The molecular weight excluding hydrogens is 354 g/mol. The zero-order valence-electron chi connectivity index (χ0n) is 12.3. The number of carbonyl (C=O) groups excluding carboxylic acids is 2. The quantitative estimate of drug-likeness (QED) is 0.639. The van der Waals surface area contributed by atoms with E-state index in [0.29, 0.717) is 10.6 Å². The molecule has 9 heteroatoms. The maximum atomic E-state index is 12.4. The Morgan fingerprint density at radius 3 is 2.71 bits per heavy atom. The van der Waals surface area contributed by atoms with Crippen LogP contribution in [0.4, 0.5) is 10.7 Å². The van der Waals surface area contributed by atoms with Crippen LogP contribution < -0.4 is 11.1 Å². The first-order valence-electron chi connectivity index (χ1n) is 7.08. The lowest BCUT2D eigenvalue weighted by atomic mass is 10.1. The number of benzene rings is 1. The third-order valence-electron chi connectivity index (χ3n) is 3.80. The first kappa shape index (κ1) is 16.4. The van der Waals surface area contributed by atoms with Gasteiger partial charge >= 0.3 is 0 Å². The Labute approximate surface area is 145 Å². The van der Waals surface area contributed by atoms with Gasteiger partial charge in [-0.3, -0.25) is 19.7 Å². The number of aryl methyl sites for hydroxylation is 1. The van der Waals surface area contributed by atoms with E-state index in [1.165, 1.54) is 23.5 Å². The molecule has 1 aliphatic carbocycles. The van der Waals surface area contributed by atoms with Crippen molar-refractivity contribution in [3.05, 3.63) is 54.9 Å². The van der Waals surface area contributed by atoms with E-state index < -0.39 is 16.7 Å². The molecule has 24 heavy (non-hydrogen) atoms.